The number of guanidine groups is 1. The first-order chi connectivity index (χ1) is 11.2. The lowest BCUT2D eigenvalue weighted by Crippen LogP contribution is -2.40. The zero-order valence-electron chi connectivity index (χ0n) is 13.7. The molecule has 2 aromatic rings. The van der Waals surface area contributed by atoms with Gasteiger partial charge in [-0.25, -0.2) is 4.98 Å². The summed E-state index contributed by atoms with van der Waals surface area (Å²) in [5.41, 5.74) is 0. The van der Waals surface area contributed by atoms with Gasteiger partial charge in [-0.1, -0.05) is 11.2 Å². The van der Waals surface area contributed by atoms with Gasteiger partial charge in [0.1, 0.15) is 6.10 Å². The largest absolute Gasteiger partial charge is 0.472 e. The lowest BCUT2D eigenvalue weighted by molar-refractivity contribution is 0.205. The molecule has 0 saturated carbocycles. The number of pyridine rings is 1. The minimum Gasteiger partial charge on any atom is -0.472 e. The number of rotatable bonds is 4. The van der Waals surface area contributed by atoms with Crippen LogP contribution in [0.2, 0.25) is 0 Å². The molecule has 3 heterocycles. The SMILES string of the molecule is CN=C(NCc1nc(C)no1)N1CCC(Oc2ccccn2)C1.I. The smallest absolute Gasteiger partial charge is 0.246 e. The first-order valence-corrected chi connectivity index (χ1v) is 7.57. The summed E-state index contributed by atoms with van der Waals surface area (Å²) in [6.07, 6.45) is 2.76. The number of nitrogens with one attached hydrogen (secondary N) is 1. The van der Waals surface area contributed by atoms with Crippen LogP contribution in [0.1, 0.15) is 18.1 Å². The first kappa shape index (κ1) is 18.4. The van der Waals surface area contributed by atoms with E-state index in [9.17, 15) is 0 Å². The Morgan fingerprint density at radius 1 is 1.50 bits per heavy atom. The Balaban J connectivity index is 0.00000208. The standard InChI is InChI=1S/C15H20N6O2.HI/c1-11-19-14(23-20-11)9-18-15(16-2)21-8-6-12(10-21)22-13-5-3-4-7-17-13;/h3-5,7,12H,6,8-10H2,1-2H3,(H,16,18);1H. The van der Waals surface area contributed by atoms with Gasteiger partial charge in [0.25, 0.3) is 0 Å². The summed E-state index contributed by atoms with van der Waals surface area (Å²) in [7, 11) is 1.76. The number of hydrogen-bond acceptors (Lipinski definition) is 6. The molecule has 1 fully saturated rings. The number of aromatic nitrogens is 3. The molecule has 1 saturated heterocycles. The maximum atomic E-state index is 5.89. The topological polar surface area (TPSA) is 88.7 Å². The van der Waals surface area contributed by atoms with E-state index in [1.54, 1.807) is 20.2 Å². The summed E-state index contributed by atoms with van der Waals surface area (Å²) < 4.78 is 11.0. The van der Waals surface area contributed by atoms with Crippen molar-refractivity contribution < 1.29 is 9.26 Å². The molecule has 9 heteroatoms. The Labute approximate surface area is 157 Å². The molecule has 0 aromatic carbocycles. The lowest BCUT2D eigenvalue weighted by Gasteiger charge is -2.21. The highest BCUT2D eigenvalue weighted by atomic mass is 127. The molecule has 8 nitrogen and oxygen atoms in total. The van der Waals surface area contributed by atoms with E-state index in [1.807, 2.05) is 18.2 Å². The summed E-state index contributed by atoms with van der Waals surface area (Å²) in [5.74, 6) is 2.63. The van der Waals surface area contributed by atoms with Crippen molar-refractivity contribution in [1.82, 2.24) is 25.3 Å². The minimum atomic E-state index is 0. The molecule has 0 radical (unpaired) electrons. The average Bonchev–Trinajstić information content (AvgIpc) is 3.19. The van der Waals surface area contributed by atoms with Gasteiger partial charge in [-0.2, -0.15) is 4.98 Å². The van der Waals surface area contributed by atoms with Gasteiger partial charge in [-0.15, -0.1) is 24.0 Å². The highest BCUT2D eigenvalue weighted by Crippen LogP contribution is 2.16. The predicted molar refractivity (Wildman–Crippen MR) is 99.5 cm³/mol. The van der Waals surface area contributed by atoms with Gasteiger partial charge in [-0.05, 0) is 13.0 Å². The first-order valence-electron chi connectivity index (χ1n) is 7.57. The summed E-state index contributed by atoms with van der Waals surface area (Å²) in [6, 6.07) is 5.66. The molecule has 3 rings (SSSR count). The molecule has 24 heavy (non-hydrogen) atoms. The molecule has 2 aromatic heterocycles. The molecular weight excluding hydrogens is 423 g/mol. The van der Waals surface area contributed by atoms with Crippen LogP contribution in [-0.2, 0) is 6.54 Å². The highest BCUT2D eigenvalue weighted by molar-refractivity contribution is 14.0. The van der Waals surface area contributed by atoms with E-state index < -0.39 is 0 Å². The molecule has 1 unspecified atom stereocenters. The molecule has 0 bridgehead atoms. The molecule has 1 aliphatic heterocycles. The van der Waals surface area contributed by atoms with Crippen molar-refractivity contribution in [2.45, 2.75) is 26.0 Å². The fraction of sp³-hybridized carbons (Fsp3) is 0.467. The van der Waals surface area contributed by atoms with Gasteiger partial charge < -0.3 is 19.5 Å². The van der Waals surface area contributed by atoms with Crippen LogP contribution in [-0.4, -0.2) is 52.2 Å². The van der Waals surface area contributed by atoms with Crippen molar-refractivity contribution in [1.29, 1.82) is 0 Å². The van der Waals surface area contributed by atoms with Crippen molar-refractivity contribution in [3.05, 3.63) is 36.1 Å². The number of likely N-dealkylation sites (tertiary alicyclic amines) is 1. The summed E-state index contributed by atoms with van der Waals surface area (Å²) in [6.45, 7) is 3.89. The molecule has 130 valence electrons. The van der Waals surface area contributed by atoms with Crippen LogP contribution in [0, 0.1) is 6.92 Å². The van der Waals surface area contributed by atoms with E-state index in [0.717, 1.165) is 25.5 Å². The van der Waals surface area contributed by atoms with Gasteiger partial charge in [0.05, 0.1) is 13.1 Å². The van der Waals surface area contributed by atoms with Gasteiger partial charge in [0, 0.05) is 32.3 Å². The van der Waals surface area contributed by atoms with Gasteiger partial charge in [0.2, 0.25) is 11.8 Å². The van der Waals surface area contributed by atoms with Crippen molar-refractivity contribution in [2.24, 2.45) is 4.99 Å². The van der Waals surface area contributed by atoms with E-state index in [-0.39, 0.29) is 30.1 Å². The van der Waals surface area contributed by atoms with Crippen LogP contribution in [0.5, 0.6) is 5.88 Å². The van der Waals surface area contributed by atoms with Crippen molar-refractivity contribution in [3.8, 4) is 5.88 Å². The van der Waals surface area contributed by atoms with E-state index in [2.05, 4.69) is 30.3 Å². The molecule has 1 atom stereocenters. The molecule has 0 aliphatic carbocycles. The van der Waals surface area contributed by atoms with Crippen LogP contribution in [0.4, 0.5) is 0 Å². The Bertz CT molecular complexity index is 663. The number of ether oxygens (including phenoxy) is 1. The highest BCUT2D eigenvalue weighted by Gasteiger charge is 2.26. The van der Waals surface area contributed by atoms with Gasteiger partial charge >= 0.3 is 0 Å². The number of hydrogen-bond donors (Lipinski definition) is 1. The fourth-order valence-corrected chi connectivity index (χ4v) is 2.50. The second-order valence-electron chi connectivity index (χ2n) is 5.28. The number of aryl methyl sites for hydroxylation is 1. The third-order valence-corrected chi connectivity index (χ3v) is 3.55. The zero-order chi connectivity index (χ0) is 16.1. The summed E-state index contributed by atoms with van der Waals surface area (Å²) in [5, 5.41) is 7.00. The summed E-state index contributed by atoms with van der Waals surface area (Å²) in [4.78, 5) is 14.8. The van der Waals surface area contributed by atoms with Crippen molar-refractivity contribution >= 4 is 29.9 Å². The number of halogens is 1. The lowest BCUT2D eigenvalue weighted by atomic mass is 10.3. The van der Waals surface area contributed by atoms with Gasteiger partial charge in [-0.3, -0.25) is 4.99 Å². The second-order valence-corrected chi connectivity index (χ2v) is 5.28. The Morgan fingerprint density at radius 3 is 3.04 bits per heavy atom. The molecule has 1 aliphatic rings. The fourth-order valence-electron chi connectivity index (χ4n) is 2.50. The molecular formula is C15H21IN6O2. The third-order valence-electron chi connectivity index (χ3n) is 3.55. The molecule has 1 N–H and O–H groups in total. The Hall–Kier alpha value is -1.91. The van der Waals surface area contributed by atoms with E-state index in [1.165, 1.54) is 0 Å². The van der Waals surface area contributed by atoms with E-state index >= 15 is 0 Å². The minimum absolute atomic E-state index is 0. The molecule has 0 spiro atoms. The number of aliphatic imine (C=N–C) groups is 1. The average molecular weight is 444 g/mol. The second kappa shape index (κ2) is 8.81. The maximum absolute atomic E-state index is 5.89. The quantitative estimate of drug-likeness (QED) is 0.436. The van der Waals surface area contributed by atoms with Crippen LogP contribution in [0.15, 0.2) is 33.9 Å². The number of nitrogens with zero attached hydrogens (tertiary/aromatic N) is 5. The van der Waals surface area contributed by atoms with Crippen LogP contribution in [0.3, 0.4) is 0 Å². The monoisotopic (exact) mass is 444 g/mol. The predicted octanol–water partition coefficient (Wildman–Crippen LogP) is 1.62. The van der Waals surface area contributed by atoms with Crippen molar-refractivity contribution in [3.63, 3.8) is 0 Å². The van der Waals surface area contributed by atoms with E-state index in [4.69, 9.17) is 9.26 Å². The normalized spacial score (nSPS) is 17.5. The van der Waals surface area contributed by atoms with Crippen LogP contribution >= 0.6 is 24.0 Å². The Morgan fingerprint density at radius 2 is 2.38 bits per heavy atom. The van der Waals surface area contributed by atoms with Crippen LogP contribution in [0.25, 0.3) is 0 Å². The summed E-state index contributed by atoms with van der Waals surface area (Å²) >= 11 is 0. The van der Waals surface area contributed by atoms with Crippen LogP contribution < -0.4 is 10.1 Å². The zero-order valence-corrected chi connectivity index (χ0v) is 16.0. The third kappa shape index (κ3) is 4.79. The maximum Gasteiger partial charge on any atom is 0.246 e. The Kier molecular flexibility index (Phi) is 6.76. The van der Waals surface area contributed by atoms with Gasteiger partial charge in [0.15, 0.2) is 11.8 Å². The van der Waals surface area contributed by atoms with Crippen molar-refractivity contribution in [2.75, 3.05) is 20.1 Å². The molecule has 0 amide bonds. The van der Waals surface area contributed by atoms with E-state index in [0.29, 0.717) is 24.1 Å².